The molecule has 4 nitrogen and oxygen atoms in total. The molecule has 0 saturated heterocycles. The number of hydrogen-bond donors (Lipinski definition) is 1. The lowest BCUT2D eigenvalue weighted by Gasteiger charge is -2.09. The lowest BCUT2D eigenvalue weighted by molar-refractivity contribution is -0.137. The normalized spacial score (nSPS) is 11.2. The van der Waals surface area contributed by atoms with Gasteiger partial charge < -0.3 is 5.32 Å². The van der Waals surface area contributed by atoms with E-state index in [1.54, 1.807) is 6.92 Å². The summed E-state index contributed by atoms with van der Waals surface area (Å²) in [6, 6.07) is 5.85. The van der Waals surface area contributed by atoms with E-state index in [0.717, 1.165) is 12.1 Å². The van der Waals surface area contributed by atoms with Crippen LogP contribution in [0, 0.1) is 6.92 Å². The van der Waals surface area contributed by atoms with Gasteiger partial charge in [0, 0.05) is 11.4 Å². The van der Waals surface area contributed by atoms with Crippen molar-refractivity contribution in [2.45, 2.75) is 13.1 Å². The van der Waals surface area contributed by atoms with Gasteiger partial charge in [0.15, 0.2) is 0 Å². The average molecular weight is 281 g/mol. The van der Waals surface area contributed by atoms with Gasteiger partial charge in [0.1, 0.15) is 12.0 Å². The number of aryl methyl sites for hydroxylation is 1. The molecule has 0 aliphatic heterocycles. The van der Waals surface area contributed by atoms with Crippen LogP contribution in [0.5, 0.6) is 0 Å². The highest BCUT2D eigenvalue weighted by Crippen LogP contribution is 2.30. The van der Waals surface area contributed by atoms with Crippen LogP contribution in [-0.4, -0.2) is 15.9 Å². The van der Waals surface area contributed by atoms with E-state index < -0.39 is 17.6 Å². The zero-order chi connectivity index (χ0) is 14.8. The van der Waals surface area contributed by atoms with Gasteiger partial charge in [-0.2, -0.15) is 13.2 Å². The van der Waals surface area contributed by atoms with Gasteiger partial charge in [-0.05, 0) is 31.2 Å². The Morgan fingerprint density at radius 2 is 1.95 bits per heavy atom. The number of carbonyl (C=O) groups is 1. The Hall–Kier alpha value is -2.44. The third-order valence-electron chi connectivity index (χ3n) is 2.48. The van der Waals surface area contributed by atoms with Crippen molar-refractivity contribution in [3.8, 4) is 0 Å². The lowest BCUT2D eigenvalue weighted by atomic mass is 10.2. The van der Waals surface area contributed by atoms with Crippen molar-refractivity contribution in [3.05, 3.63) is 53.6 Å². The molecular weight excluding hydrogens is 271 g/mol. The minimum Gasteiger partial charge on any atom is -0.321 e. The monoisotopic (exact) mass is 281 g/mol. The summed E-state index contributed by atoms with van der Waals surface area (Å²) in [6.07, 6.45) is -3.23. The fourth-order valence-corrected chi connectivity index (χ4v) is 1.55. The summed E-state index contributed by atoms with van der Waals surface area (Å²) in [5.41, 5.74) is -0.0839. The van der Waals surface area contributed by atoms with Crippen molar-refractivity contribution < 1.29 is 18.0 Å². The van der Waals surface area contributed by atoms with Crippen LogP contribution in [0.2, 0.25) is 0 Å². The Morgan fingerprint density at radius 3 is 2.60 bits per heavy atom. The molecule has 1 heterocycles. The minimum atomic E-state index is -4.45. The SMILES string of the molecule is Cc1cc(C(=O)Nc2cccc(C(F)(F)F)c2)ncn1. The smallest absolute Gasteiger partial charge is 0.321 e. The van der Waals surface area contributed by atoms with Gasteiger partial charge in [-0.1, -0.05) is 6.07 Å². The van der Waals surface area contributed by atoms with Crippen LogP contribution >= 0.6 is 0 Å². The third kappa shape index (κ3) is 3.31. The molecule has 1 N–H and O–H groups in total. The second-order valence-corrected chi connectivity index (χ2v) is 4.08. The maximum Gasteiger partial charge on any atom is 0.416 e. The zero-order valence-electron chi connectivity index (χ0n) is 10.4. The van der Waals surface area contributed by atoms with Crippen LogP contribution in [0.4, 0.5) is 18.9 Å². The predicted molar refractivity (Wildman–Crippen MR) is 66.2 cm³/mol. The van der Waals surface area contributed by atoms with Crippen LogP contribution in [0.1, 0.15) is 21.7 Å². The molecule has 0 saturated carbocycles. The fraction of sp³-hybridized carbons (Fsp3) is 0.154. The quantitative estimate of drug-likeness (QED) is 0.920. The van der Waals surface area contributed by atoms with Crippen LogP contribution in [-0.2, 0) is 6.18 Å². The standard InChI is InChI=1S/C13H10F3N3O/c1-8-5-11(18-7-17-8)12(20)19-10-4-2-3-9(6-10)13(14,15)16/h2-7H,1H3,(H,19,20). The molecule has 0 aliphatic rings. The van der Waals surface area contributed by atoms with Crippen molar-refractivity contribution >= 4 is 11.6 Å². The Balaban J connectivity index is 2.20. The highest BCUT2D eigenvalue weighted by atomic mass is 19.4. The van der Waals surface area contributed by atoms with Crippen molar-refractivity contribution in [2.75, 3.05) is 5.32 Å². The molecule has 20 heavy (non-hydrogen) atoms. The van der Waals surface area contributed by atoms with Gasteiger partial charge in [0.2, 0.25) is 0 Å². The second-order valence-electron chi connectivity index (χ2n) is 4.08. The molecule has 0 radical (unpaired) electrons. The molecule has 2 aromatic rings. The molecule has 0 bridgehead atoms. The number of halogens is 3. The summed E-state index contributed by atoms with van der Waals surface area (Å²) < 4.78 is 37.6. The van der Waals surface area contributed by atoms with Crippen molar-refractivity contribution in [1.29, 1.82) is 0 Å². The number of rotatable bonds is 2. The average Bonchev–Trinajstić information content (AvgIpc) is 2.38. The minimum absolute atomic E-state index is 0.0566. The zero-order valence-corrected chi connectivity index (χ0v) is 10.4. The molecule has 0 atom stereocenters. The van der Waals surface area contributed by atoms with Gasteiger partial charge in [-0.15, -0.1) is 0 Å². The first kappa shape index (κ1) is 14.0. The lowest BCUT2D eigenvalue weighted by Crippen LogP contribution is -2.15. The first-order chi connectivity index (χ1) is 9.36. The Kier molecular flexibility index (Phi) is 3.69. The number of hydrogen-bond acceptors (Lipinski definition) is 3. The van der Waals surface area contributed by atoms with Gasteiger partial charge >= 0.3 is 6.18 Å². The molecule has 1 aromatic carbocycles. The van der Waals surface area contributed by atoms with Crippen LogP contribution in [0.25, 0.3) is 0 Å². The Labute approximate surface area is 112 Å². The molecule has 0 spiro atoms. The largest absolute Gasteiger partial charge is 0.416 e. The Morgan fingerprint density at radius 1 is 1.20 bits per heavy atom. The number of anilines is 1. The van der Waals surface area contributed by atoms with E-state index in [1.807, 2.05) is 0 Å². The van der Waals surface area contributed by atoms with E-state index in [-0.39, 0.29) is 11.4 Å². The summed E-state index contributed by atoms with van der Waals surface area (Å²) in [5.74, 6) is -0.588. The summed E-state index contributed by atoms with van der Waals surface area (Å²) in [7, 11) is 0. The van der Waals surface area contributed by atoms with E-state index in [1.165, 1.54) is 24.5 Å². The van der Waals surface area contributed by atoms with Gasteiger partial charge in [-0.25, -0.2) is 9.97 Å². The summed E-state index contributed by atoms with van der Waals surface area (Å²) in [5, 5.41) is 2.37. The summed E-state index contributed by atoms with van der Waals surface area (Å²) in [4.78, 5) is 19.4. The molecular formula is C13H10F3N3O. The molecule has 0 aliphatic carbocycles. The van der Waals surface area contributed by atoms with E-state index in [0.29, 0.717) is 5.69 Å². The third-order valence-corrected chi connectivity index (χ3v) is 2.48. The first-order valence-corrected chi connectivity index (χ1v) is 5.63. The number of nitrogens with zero attached hydrogens (tertiary/aromatic N) is 2. The molecule has 0 unspecified atom stereocenters. The summed E-state index contributed by atoms with van der Waals surface area (Å²) >= 11 is 0. The molecule has 1 aromatic heterocycles. The predicted octanol–water partition coefficient (Wildman–Crippen LogP) is 3.06. The first-order valence-electron chi connectivity index (χ1n) is 5.63. The number of nitrogens with one attached hydrogen (secondary N) is 1. The topological polar surface area (TPSA) is 54.9 Å². The summed E-state index contributed by atoms with van der Waals surface area (Å²) in [6.45, 7) is 1.68. The van der Waals surface area contributed by atoms with Gasteiger partial charge in [0.25, 0.3) is 5.91 Å². The van der Waals surface area contributed by atoms with Crippen molar-refractivity contribution in [1.82, 2.24) is 9.97 Å². The maximum absolute atomic E-state index is 12.5. The van der Waals surface area contributed by atoms with Crippen molar-refractivity contribution in [2.24, 2.45) is 0 Å². The molecule has 0 fully saturated rings. The van der Waals surface area contributed by atoms with Crippen LogP contribution < -0.4 is 5.32 Å². The number of amides is 1. The molecule has 7 heteroatoms. The van der Waals surface area contributed by atoms with E-state index >= 15 is 0 Å². The number of benzene rings is 1. The molecule has 1 amide bonds. The number of aromatic nitrogens is 2. The second kappa shape index (κ2) is 5.28. The number of carbonyl (C=O) groups excluding carboxylic acids is 1. The Bertz CT molecular complexity index is 641. The van der Waals surface area contributed by atoms with Gasteiger partial charge in [-0.3, -0.25) is 4.79 Å². The molecule has 2 rings (SSSR count). The number of alkyl halides is 3. The van der Waals surface area contributed by atoms with Crippen LogP contribution in [0.15, 0.2) is 36.7 Å². The van der Waals surface area contributed by atoms with Gasteiger partial charge in [0.05, 0.1) is 5.56 Å². The molecule has 104 valence electrons. The van der Waals surface area contributed by atoms with Crippen molar-refractivity contribution in [3.63, 3.8) is 0 Å². The highest BCUT2D eigenvalue weighted by molar-refractivity contribution is 6.02. The van der Waals surface area contributed by atoms with Crippen LogP contribution in [0.3, 0.4) is 0 Å². The van der Waals surface area contributed by atoms with E-state index in [9.17, 15) is 18.0 Å². The van der Waals surface area contributed by atoms with E-state index in [2.05, 4.69) is 15.3 Å². The highest BCUT2D eigenvalue weighted by Gasteiger charge is 2.30. The fourth-order valence-electron chi connectivity index (χ4n) is 1.55. The maximum atomic E-state index is 12.5. The van der Waals surface area contributed by atoms with E-state index in [4.69, 9.17) is 0 Å².